The minimum atomic E-state index is -0.460. The predicted molar refractivity (Wildman–Crippen MR) is 107 cm³/mol. The molecule has 1 saturated heterocycles. The molecule has 1 aliphatic heterocycles. The SMILES string of the molecule is CC1CCN(Cc2ccccc2)CC1Nc1c(C(N)=O)cnn2cccc12. The van der Waals surface area contributed by atoms with Gasteiger partial charge in [0.15, 0.2) is 0 Å². The molecule has 0 radical (unpaired) electrons. The summed E-state index contributed by atoms with van der Waals surface area (Å²) in [5.41, 5.74) is 9.02. The zero-order chi connectivity index (χ0) is 18.8. The molecular weight excluding hydrogens is 338 g/mol. The van der Waals surface area contributed by atoms with E-state index in [0.717, 1.165) is 37.3 Å². The number of nitrogens with zero attached hydrogens (tertiary/aromatic N) is 3. The monoisotopic (exact) mass is 363 g/mol. The number of piperidine rings is 1. The van der Waals surface area contributed by atoms with Gasteiger partial charge < -0.3 is 11.1 Å². The van der Waals surface area contributed by atoms with Crippen molar-refractivity contribution in [2.75, 3.05) is 18.4 Å². The molecule has 0 saturated carbocycles. The van der Waals surface area contributed by atoms with Crippen LogP contribution in [-0.2, 0) is 6.54 Å². The van der Waals surface area contributed by atoms with Crippen molar-refractivity contribution in [3.63, 3.8) is 0 Å². The first kappa shape index (κ1) is 17.5. The zero-order valence-electron chi connectivity index (χ0n) is 15.5. The molecule has 1 amide bonds. The summed E-state index contributed by atoms with van der Waals surface area (Å²) in [5.74, 6) is 0.0410. The molecule has 3 aromatic rings. The van der Waals surface area contributed by atoms with Crippen LogP contribution in [0, 0.1) is 5.92 Å². The maximum atomic E-state index is 11.9. The second-order valence-electron chi connectivity index (χ2n) is 7.37. The Hall–Kier alpha value is -2.86. The summed E-state index contributed by atoms with van der Waals surface area (Å²) in [5, 5.41) is 7.89. The number of carbonyl (C=O) groups is 1. The summed E-state index contributed by atoms with van der Waals surface area (Å²) in [7, 11) is 0. The fraction of sp³-hybridized carbons (Fsp3) is 0.333. The van der Waals surface area contributed by atoms with Crippen molar-refractivity contribution in [3.05, 3.63) is 66.0 Å². The minimum Gasteiger partial charge on any atom is -0.378 e. The second-order valence-corrected chi connectivity index (χ2v) is 7.37. The van der Waals surface area contributed by atoms with Crippen molar-refractivity contribution in [3.8, 4) is 0 Å². The van der Waals surface area contributed by atoms with Crippen LogP contribution < -0.4 is 11.1 Å². The van der Waals surface area contributed by atoms with Crippen molar-refractivity contribution in [2.24, 2.45) is 11.7 Å². The fourth-order valence-electron chi connectivity index (χ4n) is 3.83. The third-order valence-corrected chi connectivity index (χ3v) is 5.45. The molecule has 140 valence electrons. The van der Waals surface area contributed by atoms with Crippen LogP contribution in [0.4, 0.5) is 5.69 Å². The highest BCUT2D eigenvalue weighted by Crippen LogP contribution is 2.27. The highest BCUT2D eigenvalue weighted by atomic mass is 16.1. The maximum Gasteiger partial charge on any atom is 0.252 e. The van der Waals surface area contributed by atoms with Crippen molar-refractivity contribution in [1.82, 2.24) is 14.5 Å². The quantitative estimate of drug-likeness (QED) is 0.731. The Morgan fingerprint density at radius 2 is 2.07 bits per heavy atom. The number of hydrogen-bond acceptors (Lipinski definition) is 4. The van der Waals surface area contributed by atoms with E-state index in [2.05, 4.69) is 46.5 Å². The maximum absolute atomic E-state index is 11.9. The summed E-state index contributed by atoms with van der Waals surface area (Å²) < 4.78 is 1.77. The van der Waals surface area contributed by atoms with Crippen LogP contribution in [0.15, 0.2) is 54.9 Å². The van der Waals surface area contributed by atoms with Crippen molar-refractivity contribution < 1.29 is 4.79 Å². The topological polar surface area (TPSA) is 75.7 Å². The fourth-order valence-corrected chi connectivity index (χ4v) is 3.83. The van der Waals surface area contributed by atoms with Gasteiger partial charge in [-0.15, -0.1) is 0 Å². The Bertz CT molecular complexity index is 936. The first-order valence-electron chi connectivity index (χ1n) is 9.41. The highest BCUT2D eigenvalue weighted by Gasteiger charge is 2.28. The number of nitrogens with two attached hydrogens (primary N) is 1. The number of primary amides is 1. The van der Waals surface area contributed by atoms with Gasteiger partial charge in [0.2, 0.25) is 0 Å². The van der Waals surface area contributed by atoms with E-state index in [0.29, 0.717) is 11.5 Å². The lowest BCUT2D eigenvalue weighted by molar-refractivity contribution is 0.100. The van der Waals surface area contributed by atoms with Gasteiger partial charge in [-0.1, -0.05) is 37.3 Å². The minimum absolute atomic E-state index is 0.238. The molecule has 1 aliphatic rings. The van der Waals surface area contributed by atoms with Crippen LogP contribution in [0.2, 0.25) is 0 Å². The summed E-state index contributed by atoms with van der Waals surface area (Å²) >= 11 is 0. The van der Waals surface area contributed by atoms with Crippen LogP contribution in [-0.4, -0.2) is 39.6 Å². The van der Waals surface area contributed by atoms with Crippen molar-refractivity contribution in [1.29, 1.82) is 0 Å². The number of nitrogens with one attached hydrogen (secondary N) is 1. The van der Waals surface area contributed by atoms with Gasteiger partial charge in [0, 0.05) is 25.3 Å². The lowest BCUT2D eigenvalue weighted by atomic mass is 9.92. The van der Waals surface area contributed by atoms with Gasteiger partial charge >= 0.3 is 0 Å². The van der Waals surface area contributed by atoms with E-state index >= 15 is 0 Å². The molecule has 3 heterocycles. The predicted octanol–water partition coefficient (Wildman–Crippen LogP) is 2.76. The van der Waals surface area contributed by atoms with Gasteiger partial charge in [-0.25, -0.2) is 4.52 Å². The van der Waals surface area contributed by atoms with Crippen LogP contribution in [0.3, 0.4) is 0 Å². The molecule has 1 fully saturated rings. The van der Waals surface area contributed by atoms with Gasteiger partial charge in [-0.05, 0) is 36.6 Å². The molecule has 0 aliphatic carbocycles. The largest absolute Gasteiger partial charge is 0.378 e. The molecule has 0 spiro atoms. The molecular formula is C21H25N5O. The third-order valence-electron chi connectivity index (χ3n) is 5.45. The molecule has 6 nitrogen and oxygen atoms in total. The third kappa shape index (κ3) is 3.66. The molecule has 2 unspecified atom stereocenters. The Morgan fingerprint density at radius 1 is 1.26 bits per heavy atom. The van der Waals surface area contributed by atoms with Crippen molar-refractivity contribution >= 4 is 17.1 Å². The van der Waals surface area contributed by atoms with E-state index in [9.17, 15) is 4.79 Å². The average molecular weight is 363 g/mol. The van der Waals surface area contributed by atoms with Gasteiger partial charge in [-0.2, -0.15) is 5.10 Å². The molecule has 2 aromatic heterocycles. The lowest BCUT2D eigenvalue weighted by Gasteiger charge is -2.38. The molecule has 0 bridgehead atoms. The molecule has 1 aromatic carbocycles. The molecule has 6 heteroatoms. The normalized spacial score (nSPS) is 20.6. The summed E-state index contributed by atoms with van der Waals surface area (Å²) in [6.07, 6.45) is 4.53. The summed E-state index contributed by atoms with van der Waals surface area (Å²) in [6.45, 7) is 5.19. The first-order valence-corrected chi connectivity index (χ1v) is 9.41. The number of likely N-dealkylation sites (tertiary alicyclic amines) is 1. The standard InChI is InChI=1S/C21H25N5O/c1-15-9-11-25(13-16-6-3-2-4-7-16)14-18(15)24-20-17(21(22)27)12-23-26-10-5-8-19(20)26/h2-8,10,12,15,18,24H,9,11,13-14H2,1H3,(H2,22,27). The Morgan fingerprint density at radius 3 is 2.85 bits per heavy atom. The van der Waals surface area contributed by atoms with Gasteiger partial charge in [0.25, 0.3) is 5.91 Å². The van der Waals surface area contributed by atoms with Crippen LogP contribution in [0.5, 0.6) is 0 Å². The van der Waals surface area contributed by atoms with Crippen LogP contribution in [0.1, 0.15) is 29.3 Å². The van der Waals surface area contributed by atoms with Gasteiger partial charge in [0.1, 0.15) is 0 Å². The van der Waals surface area contributed by atoms with E-state index in [-0.39, 0.29) is 6.04 Å². The number of aromatic nitrogens is 2. The lowest BCUT2D eigenvalue weighted by Crippen LogP contribution is -2.46. The van der Waals surface area contributed by atoms with Crippen LogP contribution in [0.25, 0.3) is 5.52 Å². The van der Waals surface area contributed by atoms with Crippen molar-refractivity contribution in [2.45, 2.75) is 25.9 Å². The summed E-state index contributed by atoms with van der Waals surface area (Å²) in [4.78, 5) is 14.4. The van der Waals surface area contributed by atoms with E-state index in [4.69, 9.17) is 5.73 Å². The number of fused-ring (bicyclic) bond motifs is 1. The van der Waals surface area contributed by atoms with Gasteiger partial charge in [-0.3, -0.25) is 9.69 Å². The first-order chi connectivity index (χ1) is 13.1. The molecule has 4 rings (SSSR count). The number of carbonyl (C=O) groups excluding carboxylic acids is 1. The number of rotatable bonds is 5. The highest BCUT2D eigenvalue weighted by molar-refractivity contribution is 6.01. The number of benzene rings is 1. The molecule has 3 N–H and O–H groups in total. The van der Waals surface area contributed by atoms with E-state index in [1.807, 2.05) is 24.4 Å². The van der Waals surface area contributed by atoms with E-state index < -0.39 is 5.91 Å². The van der Waals surface area contributed by atoms with Gasteiger partial charge in [0.05, 0.1) is 23.0 Å². The summed E-state index contributed by atoms with van der Waals surface area (Å²) in [6, 6.07) is 14.7. The van der Waals surface area contributed by atoms with E-state index in [1.54, 1.807) is 10.7 Å². The van der Waals surface area contributed by atoms with E-state index in [1.165, 1.54) is 5.56 Å². The Balaban J connectivity index is 1.57. The average Bonchev–Trinajstić information content (AvgIpc) is 3.14. The Kier molecular flexibility index (Phi) is 4.81. The second kappa shape index (κ2) is 7.40. The number of anilines is 1. The number of amides is 1. The molecule has 27 heavy (non-hydrogen) atoms. The van der Waals surface area contributed by atoms with Crippen LogP contribution >= 0.6 is 0 Å². The Labute approximate surface area is 159 Å². The zero-order valence-corrected chi connectivity index (χ0v) is 15.5. The number of hydrogen-bond donors (Lipinski definition) is 2. The smallest absolute Gasteiger partial charge is 0.252 e. The molecule has 2 atom stereocenters.